The van der Waals surface area contributed by atoms with E-state index < -0.39 is 19.8 Å². The molecule has 1 aromatic heterocycles. The summed E-state index contributed by atoms with van der Waals surface area (Å²) in [6.07, 6.45) is 6.59. The minimum absolute atomic E-state index is 0.0513. The van der Waals surface area contributed by atoms with Crippen LogP contribution >= 0.6 is 0 Å². The van der Waals surface area contributed by atoms with Crippen LogP contribution in [0.15, 0.2) is 30.3 Å². The van der Waals surface area contributed by atoms with Crippen molar-refractivity contribution in [2.45, 2.75) is 136 Å². The largest absolute Gasteiger partial charge is 0.410 e. The van der Waals surface area contributed by atoms with E-state index >= 15 is 0 Å². The summed E-state index contributed by atoms with van der Waals surface area (Å²) in [4.78, 5) is 5.40. The van der Waals surface area contributed by atoms with E-state index in [4.69, 9.17) is 9.41 Å². The van der Waals surface area contributed by atoms with Gasteiger partial charge in [0.2, 0.25) is 0 Å². The molecule has 2 atom stereocenters. The first-order chi connectivity index (χ1) is 18.9. The van der Waals surface area contributed by atoms with Crippen molar-refractivity contribution >= 4 is 13.9 Å². The highest BCUT2D eigenvalue weighted by atomic mass is 28.4. The molecule has 0 spiro atoms. The number of hydrogen-bond acceptors (Lipinski definition) is 4. The van der Waals surface area contributed by atoms with Crippen molar-refractivity contribution in [1.82, 2.24) is 4.98 Å². The zero-order valence-electron chi connectivity index (χ0n) is 27.4. The lowest BCUT2D eigenvalue weighted by Gasteiger charge is -2.45. The standard InChI is InChI=1S/C36H52N2O2Si/c1-23(2)32-31(33(39)25-16-18-26(19-17-25)36(8,9)22-37)29(24-14-12-13-15-24)30-27(38-32)20-35(6,7)21-28(30)40-41(10,11)34(3,4)5/h14,16-19,23,28,33,39H,12-13,15,20-21H2,1-11H3. The Hall–Kier alpha value is -2.26. The molecule has 0 saturated heterocycles. The maximum atomic E-state index is 12.2. The quantitative estimate of drug-likeness (QED) is 0.335. The number of pyridine rings is 1. The predicted molar refractivity (Wildman–Crippen MR) is 172 cm³/mol. The molecule has 1 heterocycles. The monoisotopic (exact) mass is 572 g/mol. The van der Waals surface area contributed by atoms with Crippen LogP contribution in [0.5, 0.6) is 0 Å². The van der Waals surface area contributed by atoms with Gasteiger partial charge in [0.25, 0.3) is 0 Å². The Morgan fingerprint density at radius 1 is 1.10 bits per heavy atom. The normalized spacial score (nSPS) is 20.0. The van der Waals surface area contributed by atoms with Gasteiger partial charge in [-0.2, -0.15) is 5.26 Å². The zero-order chi connectivity index (χ0) is 30.5. The second-order valence-electron chi connectivity index (χ2n) is 15.6. The van der Waals surface area contributed by atoms with Gasteiger partial charge in [0.15, 0.2) is 8.32 Å². The Kier molecular flexibility index (Phi) is 8.57. The number of aliphatic hydroxyl groups excluding tert-OH is 1. The SMILES string of the molecule is CC(C)c1nc2c(c(C3=CCCC3)c1C(O)c1ccc(C(C)(C)C#N)cc1)C(O[Si](C)(C)C(C)(C)C)CC(C)(C)C2. The van der Waals surface area contributed by atoms with Gasteiger partial charge in [0.1, 0.15) is 6.10 Å². The van der Waals surface area contributed by atoms with Crippen LogP contribution in [0.25, 0.3) is 5.57 Å². The van der Waals surface area contributed by atoms with Gasteiger partial charge in [0, 0.05) is 22.5 Å². The van der Waals surface area contributed by atoms with Crippen molar-refractivity contribution in [1.29, 1.82) is 5.26 Å². The topological polar surface area (TPSA) is 66.1 Å². The van der Waals surface area contributed by atoms with Gasteiger partial charge in [-0.3, -0.25) is 4.98 Å². The number of allylic oxidation sites excluding steroid dienone is 2. The summed E-state index contributed by atoms with van der Waals surface area (Å²) < 4.78 is 7.27. The fourth-order valence-corrected chi connectivity index (χ4v) is 7.47. The van der Waals surface area contributed by atoms with Crippen LogP contribution in [0.3, 0.4) is 0 Å². The van der Waals surface area contributed by atoms with E-state index in [-0.39, 0.29) is 22.5 Å². The molecular weight excluding hydrogens is 520 g/mol. The number of aliphatic hydroxyl groups is 1. The molecule has 2 aliphatic rings. The average molecular weight is 573 g/mol. The Bertz CT molecular complexity index is 1350. The number of fused-ring (bicyclic) bond motifs is 1. The number of aromatic nitrogens is 1. The van der Waals surface area contributed by atoms with Gasteiger partial charge < -0.3 is 9.53 Å². The van der Waals surface area contributed by atoms with E-state index in [9.17, 15) is 10.4 Å². The highest BCUT2D eigenvalue weighted by Gasteiger charge is 2.45. The smallest absolute Gasteiger partial charge is 0.192 e. The van der Waals surface area contributed by atoms with Crippen molar-refractivity contribution in [3.8, 4) is 6.07 Å². The zero-order valence-corrected chi connectivity index (χ0v) is 28.4. The molecule has 5 heteroatoms. The molecule has 2 aromatic rings. The van der Waals surface area contributed by atoms with Crippen molar-refractivity contribution in [2.24, 2.45) is 5.41 Å². The van der Waals surface area contributed by atoms with Crippen LogP contribution in [0.1, 0.15) is 145 Å². The van der Waals surface area contributed by atoms with E-state index in [2.05, 4.69) is 73.7 Å². The third-order valence-electron chi connectivity index (χ3n) is 9.74. The first kappa shape index (κ1) is 31.7. The molecule has 4 rings (SSSR count). The molecule has 2 aliphatic carbocycles. The molecule has 41 heavy (non-hydrogen) atoms. The van der Waals surface area contributed by atoms with Crippen LogP contribution < -0.4 is 0 Å². The van der Waals surface area contributed by atoms with Gasteiger partial charge in [-0.05, 0) is 97.7 Å². The number of nitriles is 1. The van der Waals surface area contributed by atoms with Gasteiger partial charge in [-0.1, -0.05) is 78.8 Å². The van der Waals surface area contributed by atoms with E-state index in [1.165, 1.54) is 16.7 Å². The maximum absolute atomic E-state index is 12.2. The molecule has 1 aromatic carbocycles. The third-order valence-corrected chi connectivity index (χ3v) is 14.2. The second kappa shape index (κ2) is 11.1. The van der Waals surface area contributed by atoms with Crippen LogP contribution in [-0.4, -0.2) is 18.4 Å². The lowest BCUT2D eigenvalue weighted by atomic mass is 9.71. The number of nitrogens with zero attached hydrogens (tertiary/aromatic N) is 2. The van der Waals surface area contributed by atoms with Crippen LogP contribution in [-0.2, 0) is 16.3 Å². The molecule has 0 fully saturated rings. The molecule has 222 valence electrons. The lowest BCUT2D eigenvalue weighted by molar-refractivity contribution is 0.105. The van der Waals surface area contributed by atoms with E-state index in [0.29, 0.717) is 0 Å². The van der Waals surface area contributed by atoms with E-state index in [0.717, 1.165) is 60.2 Å². The summed E-state index contributed by atoms with van der Waals surface area (Å²) in [6.45, 7) is 24.5. The Balaban J connectivity index is 1.98. The maximum Gasteiger partial charge on any atom is 0.192 e. The molecule has 0 aliphatic heterocycles. The lowest BCUT2D eigenvalue weighted by Crippen LogP contribution is -2.44. The summed E-state index contributed by atoms with van der Waals surface area (Å²) in [6, 6.07) is 10.3. The first-order valence-corrected chi connectivity index (χ1v) is 18.4. The molecule has 2 unspecified atom stereocenters. The predicted octanol–water partition coefficient (Wildman–Crippen LogP) is 9.69. The summed E-state index contributed by atoms with van der Waals surface area (Å²) in [5, 5.41) is 21.9. The molecule has 1 N–H and O–H groups in total. The minimum atomic E-state index is -2.09. The van der Waals surface area contributed by atoms with E-state index in [1.807, 2.05) is 38.1 Å². The average Bonchev–Trinajstić information content (AvgIpc) is 3.40. The molecule has 0 bridgehead atoms. The van der Waals surface area contributed by atoms with Gasteiger partial charge >= 0.3 is 0 Å². The van der Waals surface area contributed by atoms with Crippen LogP contribution in [0.2, 0.25) is 18.1 Å². The van der Waals surface area contributed by atoms with Crippen LogP contribution in [0.4, 0.5) is 0 Å². The highest BCUT2D eigenvalue weighted by molar-refractivity contribution is 6.74. The van der Waals surface area contributed by atoms with Crippen LogP contribution in [0, 0.1) is 16.7 Å². The molecule has 0 radical (unpaired) electrons. The highest BCUT2D eigenvalue weighted by Crippen LogP contribution is 2.52. The van der Waals surface area contributed by atoms with E-state index in [1.54, 1.807) is 0 Å². The third kappa shape index (κ3) is 6.26. The minimum Gasteiger partial charge on any atom is -0.410 e. The summed E-state index contributed by atoms with van der Waals surface area (Å²) >= 11 is 0. The summed E-state index contributed by atoms with van der Waals surface area (Å²) in [5.41, 5.74) is 8.13. The molecule has 4 nitrogen and oxygen atoms in total. The van der Waals surface area contributed by atoms with Gasteiger partial charge in [0.05, 0.1) is 17.6 Å². The van der Waals surface area contributed by atoms with Gasteiger partial charge in [-0.15, -0.1) is 0 Å². The Morgan fingerprint density at radius 2 is 1.73 bits per heavy atom. The van der Waals surface area contributed by atoms with Gasteiger partial charge in [-0.25, -0.2) is 0 Å². The Morgan fingerprint density at radius 3 is 2.24 bits per heavy atom. The fourth-order valence-electron chi connectivity index (χ4n) is 6.20. The fraction of sp³-hybridized carbons (Fsp3) is 0.611. The number of rotatable bonds is 7. The first-order valence-electron chi connectivity index (χ1n) is 15.5. The second-order valence-corrected chi connectivity index (χ2v) is 20.4. The van der Waals surface area contributed by atoms with Crippen molar-refractivity contribution in [2.75, 3.05) is 0 Å². The summed E-state index contributed by atoms with van der Waals surface area (Å²) in [5.74, 6) is 0.160. The molecule has 0 saturated carbocycles. The Labute approximate surface area is 250 Å². The van der Waals surface area contributed by atoms with Crippen molar-refractivity contribution < 1.29 is 9.53 Å². The van der Waals surface area contributed by atoms with Crippen molar-refractivity contribution in [3.05, 3.63) is 69.5 Å². The van der Waals surface area contributed by atoms with Crippen molar-refractivity contribution in [3.63, 3.8) is 0 Å². The summed E-state index contributed by atoms with van der Waals surface area (Å²) in [7, 11) is -2.09. The number of hydrogen-bond donors (Lipinski definition) is 1. The molecule has 0 amide bonds. The molecular formula is C36H52N2O2Si. The number of benzene rings is 1.